The largest absolute Gasteiger partial charge is 0.478 e. The van der Waals surface area contributed by atoms with Gasteiger partial charge in [0.1, 0.15) is 0 Å². The fourth-order valence-electron chi connectivity index (χ4n) is 2.15. The monoisotopic (exact) mass is 317 g/mol. The first-order valence-corrected chi connectivity index (χ1v) is 6.35. The van der Waals surface area contributed by atoms with Crippen molar-refractivity contribution in [3.63, 3.8) is 0 Å². The van der Waals surface area contributed by atoms with Crippen molar-refractivity contribution in [2.45, 2.75) is 0 Å². The minimum Gasteiger partial charge on any atom is -0.478 e. The maximum absolute atomic E-state index is 12.4. The average Bonchev–Trinajstić information content (AvgIpc) is 2.39. The molecule has 0 unspecified atom stereocenters. The Hall–Kier alpha value is -2.14. The molecule has 0 aliphatic carbocycles. The van der Waals surface area contributed by atoms with Crippen LogP contribution in [0.3, 0.4) is 0 Å². The van der Waals surface area contributed by atoms with Crippen LogP contribution in [0.1, 0.15) is 10.4 Å². The molecule has 2 N–H and O–H groups in total. The van der Waals surface area contributed by atoms with Crippen molar-refractivity contribution in [2.75, 3.05) is 0 Å². The molecule has 0 saturated carbocycles. The lowest BCUT2D eigenvalue weighted by molar-refractivity contribution is 0.0699. The Bertz CT molecular complexity index is 883. The highest BCUT2D eigenvalue weighted by molar-refractivity contribution is 9.10. The molecule has 0 amide bonds. The first-order valence-electron chi connectivity index (χ1n) is 5.55. The Labute approximate surface area is 115 Å². The van der Waals surface area contributed by atoms with E-state index in [4.69, 9.17) is 5.11 Å². The second kappa shape index (κ2) is 4.20. The molecular formula is C14H8BrNO3. The maximum atomic E-state index is 12.4. The molecule has 5 heteroatoms. The average molecular weight is 318 g/mol. The molecular weight excluding hydrogens is 310 g/mol. The number of aromatic nitrogens is 1. The normalized spacial score (nSPS) is 11.0. The van der Waals surface area contributed by atoms with Crippen molar-refractivity contribution in [1.29, 1.82) is 0 Å². The Morgan fingerprint density at radius 2 is 1.95 bits per heavy atom. The van der Waals surface area contributed by atoms with E-state index < -0.39 is 5.97 Å². The van der Waals surface area contributed by atoms with Crippen LogP contribution in [0, 0.1) is 0 Å². The van der Waals surface area contributed by atoms with Gasteiger partial charge in [-0.1, -0.05) is 22.0 Å². The summed E-state index contributed by atoms with van der Waals surface area (Å²) in [7, 11) is 0. The van der Waals surface area contributed by atoms with Gasteiger partial charge in [-0.3, -0.25) is 4.79 Å². The van der Waals surface area contributed by atoms with Crippen molar-refractivity contribution in [3.8, 4) is 0 Å². The summed E-state index contributed by atoms with van der Waals surface area (Å²) in [6.45, 7) is 0. The number of hydrogen-bond donors (Lipinski definition) is 2. The van der Waals surface area contributed by atoms with Crippen molar-refractivity contribution < 1.29 is 9.90 Å². The molecule has 19 heavy (non-hydrogen) atoms. The van der Waals surface area contributed by atoms with E-state index in [1.54, 1.807) is 30.3 Å². The van der Waals surface area contributed by atoms with Gasteiger partial charge >= 0.3 is 5.97 Å². The number of aromatic carboxylic acids is 1. The Morgan fingerprint density at radius 1 is 1.16 bits per heavy atom. The van der Waals surface area contributed by atoms with Crippen LogP contribution in [0.25, 0.3) is 21.8 Å². The summed E-state index contributed by atoms with van der Waals surface area (Å²) in [5.41, 5.74) is 0.900. The number of para-hydroxylation sites is 1. The topological polar surface area (TPSA) is 70.2 Å². The summed E-state index contributed by atoms with van der Waals surface area (Å²) < 4.78 is 0.805. The lowest BCUT2D eigenvalue weighted by Crippen LogP contribution is -2.07. The highest BCUT2D eigenvalue weighted by atomic mass is 79.9. The molecule has 3 rings (SSSR count). The fraction of sp³-hybridized carbons (Fsp3) is 0. The summed E-state index contributed by atoms with van der Waals surface area (Å²) in [6.07, 6.45) is 0. The minimum atomic E-state index is -1.06. The first kappa shape index (κ1) is 11.9. The van der Waals surface area contributed by atoms with Gasteiger partial charge in [-0.05, 0) is 30.3 Å². The van der Waals surface area contributed by atoms with Gasteiger partial charge < -0.3 is 10.1 Å². The second-order valence-corrected chi connectivity index (χ2v) is 5.09. The quantitative estimate of drug-likeness (QED) is 0.677. The van der Waals surface area contributed by atoms with Gasteiger partial charge in [0.25, 0.3) is 0 Å². The molecule has 94 valence electrons. The van der Waals surface area contributed by atoms with Crippen LogP contribution in [0.4, 0.5) is 0 Å². The van der Waals surface area contributed by atoms with Crippen molar-refractivity contribution in [1.82, 2.24) is 4.98 Å². The van der Waals surface area contributed by atoms with E-state index in [1.807, 2.05) is 0 Å². The summed E-state index contributed by atoms with van der Waals surface area (Å²) >= 11 is 3.32. The number of H-pyrrole nitrogens is 1. The van der Waals surface area contributed by atoms with E-state index in [-0.39, 0.29) is 11.0 Å². The molecule has 0 atom stereocenters. The maximum Gasteiger partial charge on any atom is 0.337 e. The van der Waals surface area contributed by atoms with Crippen LogP contribution in [0.2, 0.25) is 0 Å². The number of rotatable bonds is 1. The first-order chi connectivity index (χ1) is 9.08. The number of nitrogens with one attached hydrogen (secondary N) is 1. The van der Waals surface area contributed by atoms with Gasteiger partial charge in [0.2, 0.25) is 0 Å². The third-order valence-electron chi connectivity index (χ3n) is 3.03. The zero-order valence-corrected chi connectivity index (χ0v) is 11.2. The number of aromatic amines is 1. The zero-order chi connectivity index (χ0) is 13.6. The Morgan fingerprint density at radius 3 is 2.68 bits per heavy atom. The lowest BCUT2D eigenvalue weighted by Gasteiger charge is -2.05. The molecule has 1 heterocycles. The van der Waals surface area contributed by atoms with E-state index >= 15 is 0 Å². The van der Waals surface area contributed by atoms with Crippen molar-refractivity contribution in [3.05, 3.63) is 56.7 Å². The Balaban J connectivity index is 2.57. The third kappa shape index (κ3) is 1.82. The number of carboxylic acids is 1. The van der Waals surface area contributed by atoms with Gasteiger partial charge in [0, 0.05) is 20.8 Å². The van der Waals surface area contributed by atoms with Crippen LogP contribution in [0.15, 0.2) is 45.7 Å². The lowest BCUT2D eigenvalue weighted by atomic mass is 10.1. The predicted molar refractivity (Wildman–Crippen MR) is 76.7 cm³/mol. The fourth-order valence-corrected chi connectivity index (χ4v) is 2.51. The predicted octanol–water partition coefficient (Wildman–Crippen LogP) is 3.14. The van der Waals surface area contributed by atoms with Crippen molar-refractivity contribution >= 4 is 43.7 Å². The molecule has 0 aliphatic rings. The minimum absolute atomic E-state index is 0.0967. The standard InChI is InChI=1S/C14H8BrNO3/c15-7-4-5-11-10(6-7)13(17)8-2-1-3-9(14(18)19)12(8)16-11/h1-6H,(H,16,17)(H,18,19). The van der Waals surface area contributed by atoms with E-state index in [2.05, 4.69) is 20.9 Å². The molecule has 4 nitrogen and oxygen atoms in total. The SMILES string of the molecule is O=C(O)c1cccc2c(=O)c3cc(Br)ccc3[nH]c12. The van der Waals surface area contributed by atoms with E-state index in [1.165, 1.54) is 6.07 Å². The highest BCUT2D eigenvalue weighted by Crippen LogP contribution is 2.21. The smallest absolute Gasteiger partial charge is 0.337 e. The van der Waals surface area contributed by atoms with Gasteiger partial charge in [-0.25, -0.2) is 4.79 Å². The second-order valence-electron chi connectivity index (χ2n) is 4.18. The Kier molecular flexibility index (Phi) is 2.64. The zero-order valence-electron chi connectivity index (χ0n) is 9.61. The molecule has 0 saturated heterocycles. The van der Waals surface area contributed by atoms with E-state index in [0.717, 1.165) is 4.47 Å². The number of carboxylic acid groups (broad SMARTS) is 1. The molecule has 0 aliphatic heterocycles. The van der Waals surface area contributed by atoms with Gasteiger partial charge in [0.05, 0.1) is 11.1 Å². The third-order valence-corrected chi connectivity index (χ3v) is 3.52. The number of pyridine rings is 1. The molecule has 3 aromatic rings. The van der Waals surface area contributed by atoms with Gasteiger partial charge in [0.15, 0.2) is 5.43 Å². The number of halogens is 1. The highest BCUT2D eigenvalue weighted by Gasteiger charge is 2.12. The molecule has 0 spiro atoms. The number of benzene rings is 2. The summed E-state index contributed by atoms with van der Waals surface area (Å²) in [4.78, 5) is 26.6. The van der Waals surface area contributed by atoms with Gasteiger partial charge in [-0.15, -0.1) is 0 Å². The van der Waals surface area contributed by atoms with Crippen LogP contribution in [0.5, 0.6) is 0 Å². The number of hydrogen-bond acceptors (Lipinski definition) is 2. The van der Waals surface area contributed by atoms with Crippen LogP contribution < -0.4 is 5.43 Å². The molecule has 0 radical (unpaired) electrons. The van der Waals surface area contributed by atoms with Gasteiger partial charge in [-0.2, -0.15) is 0 Å². The molecule has 0 fully saturated rings. The molecule has 1 aromatic heterocycles. The number of carbonyl (C=O) groups is 1. The van der Waals surface area contributed by atoms with Crippen LogP contribution in [-0.4, -0.2) is 16.1 Å². The van der Waals surface area contributed by atoms with Crippen LogP contribution >= 0.6 is 15.9 Å². The van der Waals surface area contributed by atoms with E-state index in [9.17, 15) is 9.59 Å². The molecule has 2 aromatic carbocycles. The van der Waals surface area contributed by atoms with Crippen LogP contribution in [-0.2, 0) is 0 Å². The molecule has 0 bridgehead atoms. The summed E-state index contributed by atoms with van der Waals surface area (Å²) in [5.74, 6) is -1.06. The van der Waals surface area contributed by atoms with Crippen molar-refractivity contribution in [2.24, 2.45) is 0 Å². The van der Waals surface area contributed by atoms with E-state index in [0.29, 0.717) is 21.8 Å². The summed E-state index contributed by atoms with van der Waals surface area (Å²) in [5, 5.41) is 10.1. The summed E-state index contributed by atoms with van der Waals surface area (Å²) in [6, 6.07) is 9.95. The number of fused-ring (bicyclic) bond motifs is 2.